The summed E-state index contributed by atoms with van der Waals surface area (Å²) >= 11 is 1.87. The maximum absolute atomic E-state index is 3.96. The Morgan fingerprint density at radius 3 is 2.71 bits per heavy atom. The number of hydrogen-bond acceptors (Lipinski definition) is 2. The molecule has 3 rings (SSSR count). The standard InChI is InChI=1S/C19H25NS/c1-14(2)19(18-12-7-13-21-18)20-17-11-6-4-9-15-8-3-5-10-16(15)17/h3,5,7-8,10,12-14,17,19-20H,4,6,9,11H2,1-2H3. The monoisotopic (exact) mass is 299 g/mol. The van der Waals surface area contributed by atoms with Crippen LogP contribution >= 0.6 is 11.3 Å². The first-order valence-corrected chi connectivity index (χ1v) is 9.01. The largest absolute Gasteiger partial charge is 0.302 e. The first-order valence-electron chi connectivity index (χ1n) is 8.13. The second-order valence-electron chi connectivity index (χ2n) is 6.40. The average Bonchev–Trinajstić information content (AvgIpc) is 2.93. The molecule has 1 aromatic carbocycles. The summed E-state index contributed by atoms with van der Waals surface area (Å²) < 4.78 is 0. The van der Waals surface area contributed by atoms with E-state index in [0.717, 1.165) is 0 Å². The van der Waals surface area contributed by atoms with Gasteiger partial charge in [0, 0.05) is 17.0 Å². The third kappa shape index (κ3) is 3.38. The van der Waals surface area contributed by atoms with Crippen LogP contribution in [0.3, 0.4) is 0 Å². The van der Waals surface area contributed by atoms with Crippen LogP contribution in [0.2, 0.25) is 0 Å². The van der Waals surface area contributed by atoms with Crippen molar-refractivity contribution in [2.45, 2.75) is 51.6 Å². The van der Waals surface area contributed by atoms with Gasteiger partial charge in [-0.05, 0) is 47.8 Å². The van der Waals surface area contributed by atoms with E-state index in [0.29, 0.717) is 18.0 Å². The lowest BCUT2D eigenvalue weighted by molar-refractivity contribution is 0.353. The van der Waals surface area contributed by atoms with E-state index in [9.17, 15) is 0 Å². The number of nitrogens with one attached hydrogen (secondary N) is 1. The number of benzene rings is 1. The molecule has 1 aliphatic carbocycles. The van der Waals surface area contributed by atoms with Gasteiger partial charge >= 0.3 is 0 Å². The van der Waals surface area contributed by atoms with Crippen molar-refractivity contribution in [1.29, 1.82) is 0 Å². The molecule has 112 valence electrons. The molecule has 0 aliphatic heterocycles. The summed E-state index contributed by atoms with van der Waals surface area (Å²) in [5, 5.41) is 6.15. The molecule has 0 saturated heterocycles. The Labute approximate surface area is 132 Å². The molecule has 1 aliphatic rings. The van der Waals surface area contributed by atoms with E-state index in [2.05, 4.69) is 60.9 Å². The third-order valence-corrected chi connectivity index (χ3v) is 5.47. The molecule has 1 heterocycles. The highest BCUT2D eigenvalue weighted by atomic mass is 32.1. The zero-order valence-electron chi connectivity index (χ0n) is 13.0. The molecule has 21 heavy (non-hydrogen) atoms. The van der Waals surface area contributed by atoms with E-state index >= 15 is 0 Å². The van der Waals surface area contributed by atoms with Crippen LogP contribution < -0.4 is 5.32 Å². The molecule has 2 atom stereocenters. The van der Waals surface area contributed by atoms with Crippen molar-refractivity contribution < 1.29 is 0 Å². The van der Waals surface area contributed by atoms with Gasteiger partial charge in [0.1, 0.15) is 0 Å². The van der Waals surface area contributed by atoms with Gasteiger partial charge in [-0.25, -0.2) is 0 Å². The van der Waals surface area contributed by atoms with Crippen molar-refractivity contribution in [3.63, 3.8) is 0 Å². The number of rotatable bonds is 4. The Hall–Kier alpha value is -1.12. The van der Waals surface area contributed by atoms with Crippen LogP contribution in [-0.2, 0) is 6.42 Å². The summed E-state index contributed by atoms with van der Waals surface area (Å²) in [5.41, 5.74) is 3.07. The Morgan fingerprint density at radius 1 is 1.10 bits per heavy atom. The van der Waals surface area contributed by atoms with Crippen molar-refractivity contribution in [1.82, 2.24) is 5.32 Å². The minimum atomic E-state index is 0.459. The second kappa shape index (κ2) is 6.76. The average molecular weight is 299 g/mol. The Morgan fingerprint density at radius 2 is 1.95 bits per heavy atom. The summed E-state index contributed by atoms with van der Waals surface area (Å²) in [6.07, 6.45) is 5.13. The van der Waals surface area contributed by atoms with Crippen LogP contribution in [0, 0.1) is 5.92 Å². The SMILES string of the molecule is CC(C)C(NC1CCCCc2ccccc21)c1cccs1. The molecule has 0 radical (unpaired) electrons. The van der Waals surface area contributed by atoms with Gasteiger partial charge in [0.2, 0.25) is 0 Å². The van der Waals surface area contributed by atoms with E-state index in [4.69, 9.17) is 0 Å². The molecule has 0 bridgehead atoms. The van der Waals surface area contributed by atoms with E-state index in [-0.39, 0.29) is 0 Å². The summed E-state index contributed by atoms with van der Waals surface area (Å²) in [6.45, 7) is 4.64. The lowest BCUT2D eigenvalue weighted by atomic mass is 9.95. The van der Waals surface area contributed by atoms with E-state index < -0.39 is 0 Å². The predicted molar refractivity (Wildman–Crippen MR) is 91.8 cm³/mol. The van der Waals surface area contributed by atoms with Crippen LogP contribution in [-0.4, -0.2) is 0 Å². The number of aryl methyl sites for hydroxylation is 1. The van der Waals surface area contributed by atoms with Gasteiger partial charge < -0.3 is 5.32 Å². The minimum Gasteiger partial charge on any atom is -0.302 e. The first kappa shape index (κ1) is 14.8. The summed E-state index contributed by atoms with van der Waals surface area (Å²) in [4.78, 5) is 1.46. The molecule has 0 spiro atoms. The maximum Gasteiger partial charge on any atom is 0.0442 e. The van der Waals surface area contributed by atoms with Crippen molar-refractivity contribution in [2.24, 2.45) is 5.92 Å². The van der Waals surface area contributed by atoms with Gasteiger partial charge in [-0.15, -0.1) is 11.3 Å². The number of thiophene rings is 1. The molecule has 0 fully saturated rings. The minimum absolute atomic E-state index is 0.459. The molecule has 1 nitrogen and oxygen atoms in total. The predicted octanol–water partition coefficient (Wildman–Crippen LogP) is 5.50. The van der Waals surface area contributed by atoms with Crippen molar-refractivity contribution in [2.75, 3.05) is 0 Å². The molecule has 1 N–H and O–H groups in total. The summed E-state index contributed by atoms with van der Waals surface area (Å²) in [5.74, 6) is 0.610. The highest BCUT2D eigenvalue weighted by Gasteiger charge is 2.24. The molecule has 2 heteroatoms. The van der Waals surface area contributed by atoms with Gasteiger partial charge in [0.05, 0.1) is 0 Å². The van der Waals surface area contributed by atoms with E-state index in [1.165, 1.54) is 36.1 Å². The maximum atomic E-state index is 3.96. The highest BCUT2D eigenvalue weighted by Crippen LogP contribution is 2.34. The van der Waals surface area contributed by atoms with Crippen LogP contribution in [0.25, 0.3) is 0 Å². The summed E-state index contributed by atoms with van der Waals surface area (Å²) in [7, 11) is 0. The van der Waals surface area contributed by atoms with Crippen molar-refractivity contribution >= 4 is 11.3 Å². The number of hydrogen-bond donors (Lipinski definition) is 1. The first-order chi connectivity index (χ1) is 10.3. The van der Waals surface area contributed by atoms with Crippen molar-refractivity contribution in [3.05, 3.63) is 57.8 Å². The normalized spacial score (nSPS) is 20.0. The van der Waals surface area contributed by atoms with Gasteiger partial charge in [0.25, 0.3) is 0 Å². The number of fused-ring (bicyclic) bond motifs is 1. The zero-order chi connectivity index (χ0) is 14.7. The molecular weight excluding hydrogens is 274 g/mol. The molecule has 1 aromatic heterocycles. The lowest BCUT2D eigenvalue weighted by Gasteiger charge is -2.28. The Balaban J connectivity index is 1.86. The Kier molecular flexibility index (Phi) is 4.77. The van der Waals surface area contributed by atoms with Gasteiger partial charge in [-0.2, -0.15) is 0 Å². The van der Waals surface area contributed by atoms with Crippen molar-refractivity contribution in [3.8, 4) is 0 Å². The lowest BCUT2D eigenvalue weighted by Crippen LogP contribution is -2.29. The molecule has 2 unspecified atom stereocenters. The quantitative estimate of drug-likeness (QED) is 0.735. The smallest absolute Gasteiger partial charge is 0.0442 e. The van der Waals surface area contributed by atoms with E-state index in [1.807, 2.05) is 11.3 Å². The second-order valence-corrected chi connectivity index (χ2v) is 7.38. The fourth-order valence-electron chi connectivity index (χ4n) is 3.38. The van der Waals surface area contributed by atoms with Crippen LogP contribution in [0.15, 0.2) is 41.8 Å². The highest BCUT2D eigenvalue weighted by molar-refractivity contribution is 7.10. The molecule has 2 aromatic rings. The third-order valence-electron chi connectivity index (χ3n) is 4.52. The van der Waals surface area contributed by atoms with Crippen LogP contribution in [0.4, 0.5) is 0 Å². The van der Waals surface area contributed by atoms with Crippen LogP contribution in [0.5, 0.6) is 0 Å². The molecule has 0 saturated carbocycles. The molecular formula is C19H25NS. The van der Waals surface area contributed by atoms with Gasteiger partial charge in [-0.1, -0.05) is 50.6 Å². The summed E-state index contributed by atoms with van der Waals surface area (Å²) in [6, 6.07) is 14.4. The van der Waals surface area contributed by atoms with E-state index in [1.54, 1.807) is 5.56 Å². The zero-order valence-corrected chi connectivity index (χ0v) is 13.8. The fraction of sp³-hybridized carbons (Fsp3) is 0.474. The van der Waals surface area contributed by atoms with Crippen LogP contribution in [0.1, 0.15) is 61.2 Å². The fourth-order valence-corrected chi connectivity index (χ4v) is 4.34. The molecule has 0 amide bonds. The van der Waals surface area contributed by atoms with Gasteiger partial charge in [0.15, 0.2) is 0 Å². The topological polar surface area (TPSA) is 12.0 Å². The Bertz CT molecular complexity index is 559. The van der Waals surface area contributed by atoms with Gasteiger partial charge in [-0.3, -0.25) is 0 Å².